The molecule has 2 bridgehead atoms. The first-order valence-electron chi connectivity index (χ1n) is 12.3. The highest BCUT2D eigenvalue weighted by Gasteiger charge is 2.74. The molecule has 3 aliphatic rings. The van der Waals surface area contributed by atoms with E-state index in [4.69, 9.17) is 4.74 Å². The number of amides is 3. The van der Waals surface area contributed by atoms with Gasteiger partial charge in [-0.3, -0.25) is 14.4 Å². The predicted molar refractivity (Wildman–Crippen MR) is 129 cm³/mol. The number of carbonyl (C=O) groups excluding carboxylic acids is 3. The maximum atomic E-state index is 13.7. The van der Waals surface area contributed by atoms with Crippen LogP contribution in [0.15, 0.2) is 60.7 Å². The number of hydrogen-bond acceptors (Lipinski definition) is 5. The number of ether oxygens (including phenoxy) is 1. The van der Waals surface area contributed by atoms with Gasteiger partial charge in [0, 0.05) is 25.4 Å². The van der Waals surface area contributed by atoms with Crippen LogP contribution in [-0.2, 0) is 25.7 Å². The van der Waals surface area contributed by atoms with E-state index >= 15 is 0 Å². The highest BCUT2D eigenvalue weighted by molar-refractivity contribution is 6.01. The van der Waals surface area contributed by atoms with Gasteiger partial charge >= 0.3 is 0 Å². The normalized spacial score (nSPS) is 28.7. The van der Waals surface area contributed by atoms with Gasteiger partial charge in [-0.15, -0.1) is 0 Å². The van der Waals surface area contributed by atoms with Crippen LogP contribution >= 0.6 is 0 Å². The summed E-state index contributed by atoms with van der Waals surface area (Å²) in [5.74, 6) is -2.08. The Morgan fingerprint density at radius 3 is 2.46 bits per heavy atom. The van der Waals surface area contributed by atoms with E-state index in [1.807, 2.05) is 48.5 Å². The quantitative estimate of drug-likeness (QED) is 0.480. The molecule has 0 saturated carbocycles. The number of likely N-dealkylation sites (tertiary alicyclic amines) is 1. The Morgan fingerprint density at radius 2 is 1.74 bits per heavy atom. The number of para-hydroxylation sites is 1. The van der Waals surface area contributed by atoms with E-state index in [1.165, 1.54) is 0 Å². The lowest BCUT2D eigenvalue weighted by Crippen LogP contribution is -2.55. The second-order valence-corrected chi connectivity index (χ2v) is 9.58. The molecule has 3 fully saturated rings. The molecule has 0 aliphatic carbocycles. The number of nitrogens with one attached hydrogen (secondary N) is 2. The third kappa shape index (κ3) is 4.21. The van der Waals surface area contributed by atoms with Crippen molar-refractivity contribution in [1.82, 2.24) is 10.2 Å². The molecule has 0 aromatic heterocycles. The van der Waals surface area contributed by atoms with Gasteiger partial charge in [-0.2, -0.15) is 0 Å². The average molecular weight is 478 g/mol. The number of anilines is 1. The zero-order chi connectivity index (χ0) is 24.4. The number of fused-ring (bicyclic) bond motifs is 1. The van der Waals surface area contributed by atoms with Crippen LogP contribution in [0.3, 0.4) is 0 Å². The first kappa shape index (κ1) is 23.5. The van der Waals surface area contributed by atoms with Crippen LogP contribution in [0, 0.1) is 11.8 Å². The fourth-order valence-electron chi connectivity index (χ4n) is 6.02. The van der Waals surface area contributed by atoms with Crippen molar-refractivity contribution in [2.24, 2.45) is 11.8 Å². The van der Waals surface area contributed by atoms with Crippen molar-refractivity contribution in [3.05, 3.63) is 66.2 Å². The smallest absolute Gasteiger partial charge is 0.246 e. The topological polar surface area (TPSA) is 108 Å². The Balaban J connectivity index is 1.40. The SMILES string of the molecule is O=C(NCc1ccccc1)C1N(CCCCO)C(=O)[C@@H]2[C@@H](C(=O)Nc3ccccc3)[C@H]3CCC12O3. The number of rotatable bonds is 9. The predicted octanol–water partition coefficient (Wildman–Crippen LogP) is 2.09. The number of unbranched alkanes of at least 4 members (excludes halogenated alkanes) is 1. The van der Waals surface area contributed by atoms with E-state index in [1.54, 1.807) is 17.0 Å². The van der Waals surface area contributed by atoms with Gasteiger partial charge in [0.25, 0.3) is 0 Å². The Bertz CT molecular complexity index is 1080. The fraction of sp³-hybridized carbons (Fsp3) is 0.444. The summed E-state index contributed by atoms with van der Waals surface area (Å²) in [5.41, 5.74) is 0.611. The highest BCUT2D eigenvalue weighted by Crippen LogP contribution is 2.58. The number of nitrogens with zero attached hydrogens (tertiary/aromatic N) is 1. The molecule has 184 valence electrons. The van der Waals surface area contributed by atoms with Gasteiger partial charge in [0.15, 0.2) is 0 Å². The molecule has 3 amide bonds. The van der Waals surface area contributed by atoms with E-state index in [9.17, 15) is 19.5 Å². The van der Waals surface area contributed by atoms with Crippen LogP contribution in [0.2, 0.25) is 0 Å². The lowest BCUT2D eigenvalue weighted by molar-refractivity contribution is -0.141. The van der Waals surface area contributed by atoms with Gasteiger partial charge in [-0.25, -0.2) is 0 Å². The molecule has 3 aliphatic heterocycles. The van der Waals surface area contributed by atoms with Gasteiger partial charge in [0.2, 0.25) is 17.7 Å². The molecule has 0 radical (unpaired) electrons. The zero-order valence-corrected chi connectivity index (χ0v) is 19.6. The third-order valence-electron chi connectivity index (χ3n) is 7.51. The molecule has 8 heteroatoms. The third-order valence-corrected chi connectivity index (χ3v) is 7.51. The van der Waals surface area contributed by atoms with E-state index < -0.39 is 29.6 Å². The molecule has 2 unspecified atom stereocenters. The Kier molecular flexibility index (Phi) is 6.58. The van der Waals surface area contributed by atoms with Crippen molar-refractivity contribution in [3.8, 4) is 0 Å². The second kappa shape index (κ2) is 9.79. The zero-order valence-electron chi connectivity index (χ0n) is 19.6. The minimum atomic E-state index is -1.01. The summed E-state index contributed by atoms with van der Waals surface area (Å²) < 4.78 is 6.41. The van der Waals surface area contributed by atoms with Crippen molar-refractivity contribution in [2.45, 2.75) is 50.0 Å². The number of benzene rings is 2. The summed E-state index contributed by atoms with van der Waals surface area (Å²) in [4.78, 5) is 42.2. The van der Waals surface area contributed by atoms with Crippen molar-refractivity contribution >= 4 is 23.4 Å². The van der Waals surface area contributed by atoms with Crippen LogP contribution in [0.5, 0.6) is 0 Å². The molecular formula is C27H31N3O5. The van der Waals surface area contributed by atoms with Crippen LogP contribution in [0.25, 0.3) is 0 Å². The van der Waals surface area contributed by atoms with Gasteiger partial charge in [0.05, 0.1) is 17.9 Å². The van der Waals surface area contributed by atoms with Crippen molar-refractivity contribution in [1.29, 1.82) is 0 Å². The Labute approximate surface area is 204 Å². The maximum absolute atomic E-state index is 13.7. The first-order valence-corrected chi connectivity index (χ1v) is 12.3. The molecule has 35 heavy (non-hydrogen) atoms. The maximum Gasteiger partial charge on any atom is 0.246 e. The van der Waals surface area contributed by atoms with E-state index in [2.05, 4.69) is 10.6 Å². The summed E-state index contributed by atoms with van der Waals surface area (Å²) in [7, 11) is 0. The number of aliphatic hydroxyl groups is 1. The molecule has 5 atom stereocenters. The average Bonchev–Trinajstić information content (AvgIpc) is 3.51. The Hall–Kier alpha value is -3.23. The molecule has 1 spiro atoms. The number of hydrogen-bond donors (Lipinski definition) is 3. The van der Waals surface area contributed by atoms with E-state index in [0.29, 0.717) is 44.5 Å². The van der Waals surface area contributed by atoms with Crippen LogP contribution in [0.1, 0.15) is 31.2 Å². The number of aliphatic hydroxyl groups excluding tert-OH is 1. The summed E-state index contributed by atoms with van der Waals surface area (Å²) in [6.07, 6.45) is 1.89. The summed E-state index contributed by atoms with van der Waals surface area (Å²) in [6.45, 7) is 0.696. The molecular weight excluding hydrogens is 446 g/mol. The van der Waals surface area contributed by atoms with Crippen molar-refractivity contribution < 1.29 is 24.2 Å². The first-order chi connectivity index (χ1) is 17.0. The number of carbonyl (C=O) groups is 3. The molecule has 2 aromatic rings. The van der Waals surface area contributed by atoms with Crippen molar-refractivity contribution in [2.75, 3.05) is 18.5 Å². The Morgan fingerprint density at radius 1 is 1.03 bits per heavy atom. The van der Waals surface area contributed by atoms with Gasteiger partial charge < -0.3 is 25.4 Å². The lowest BCUT2D eigenvalue weighted by atomic mass is 9.70. The minimum absolute atomic E-state index is 0.0160. The van der Waals surface area contributed by atoms with Crippen molar-refractivity contribution in [3.63, 3.8) is 0 Å². The van der Waals surface area contributed by atoms with Crippen LogP contribution < -0.4 is 10.6 Å². The second-order valence-electron chi connectivity index (χ2n) is 9.58. The molecule has 8 nitrogen and oxygen atoms in total. The van der Waals surface area contributed by atoms with Gasteiger partial charge in [0.1, 0.15) is 11.6 Å². The standard InChI is InChI=1S/C27H31N3O5/c31-16-8-7-15-30-23(25(33)28-17-18-9-3-1-4-10-18)27-14-13-20(35-27)21(22(27)26(30)34)24(32)29-19-11-5-2-6-12-19/h1-6,9-12,20-23,31H,7-8,13-17H2,(H,28,33)(H,29,32)/t20-,21+,22+,23?,27?/m1/s1. The summed E-state index contributed by atoms with van der Waals surface area (Å²) in [5, 5.41) is 15.2. The molecule has 3 heterocycles. The van der Waals surface area contributed by atoms with E-state index in [0.717, 1.165) is 5.56 Å². The molecule has 3 N–H and O–H groups in total. The molecule has 5 rings (SSSR count). The van der Waals surface area contributed by atoms with Gasteiger partial charge in [-0.1, -0.05) is 48.5 Å². The minimum Gasteiger partial charge on any atom is -0.396 e. The summed E-state index contributed by atoms with van der Waals surface area (Å²) in [6, 6.07) is 18.0. The van der Waals surface area contributed by atoms with Gasteiger partial charge in [-0.05, 0) is 43.4 Å². The van der Waals surface area contributed by atoms with E-state index in [-0.39, 0.29) is 24.3 Å². The highest BCUT2D eigenvalue weighted by atomic mass is 16.5. The molecule has 2 aromatic carbocycles. The summed E-state index contributed by atoms with van der Waals surface area (Å²) >= 11 is 0. The monoisotopic (exact) mass is 477 g/mol. The van der Waals surface area contributed by atoms with Crippen LogP contribution in [-0.4, -0.2) is 58.6 Å². The molecule has 3 saturated heterocycles. The fourth-order valence-corrected chi connectivity index (χ4v) is 6.02. The lowest BCUT2D eigenvalue weighted by Gasteiger charge is -2.33. The van der Waals surface area contributed by atoms with Crippen LogP contribution in [0.4, 0.5) is 5.69 Å². The largest absolute Gasteiger partial charge is 0.396 e.